The van der Waals surface area contributed by atoms with Crippen molar-refractivity contribution in [3.05, 3.63) is 50.9 Å². The third-order valence-electron chi connectivity index (χ3n) is 2.96. The molecule has 0 fully saturated rings. The molecule has 7 heteroatoms. The zero-order valence-corrected chi connectivity index (χ0v) is 13.1. The standard InChI is InChI=1S/C15H15ClN2O4/c1-8-4-9(5-14(19)17-8)15(20)18-11-7-12(21-2)10(16)6-13(11)22-3/h4-7H,1-3H3,(H,17,19)(H,18,20). The van der Waals surface area contributed by atoms with Crippen molar-refractivity contribution >= 4 is 23.2 Å². The molecule has 0 radical (unpaired) electrons. The van der Waals surface area contributed by atoms with Crippen LogP contribution in [-0.2, 0) is 0 Å². The van der Waals surface area contributed by atoms with Gasteiger partial charge in [0.15, 0.2) is 0 Å². The first-order chi connectivity index (χ1) is 10.4. The van der Waals surface area contributed by atoms with Gasteiger partial charge in [-0.2, -0.15) is 0 Å². The highest BCUT2D eigenvalue weighted by molar-refractivity contribution is 6.32. The number of hydrogen-bond donors (Lipinski definition) is 2. The Morgan fingerprint density at radius 1 is 1.14 bits per heavy atom. The van der Waals surface area contributed by atoms with E-state index < -0.39 is 5.91 Å². The summed E-state index contributed by atoms with van der Waals surface area (Å²) in [5.41, 5.74) is 0.896. The Morgan fingerprint density at radius 2 is 1.82 bits per heavy atom. The third kappa shape index (κ3) is 3.40. The normalized spacial score (nSPS) is 10.2. The summed E-state index contributed by atoms with van der Waals surface area (Å²) in [4.78, 5) is 26.3. The number of anilines is 1. The van der Waals surface area contributed by atoms with Gasteiger partial charge in [-0.05, 0) is 13.0 Å². The first-order valence-electron chi connectivity index (χ1n) is 6.38. The molecule has 0 saturated heterocycles. The second kappa shape index (κ2) is 6.53. The van der Waals surface area contributed by atoms with E-state index in [2.05, 4.69) is 10.3 Å². The highest BCUT2D eigenvalue weighted by Crippen LogP contribution is 2.36. The lowest BCUT2D eigenvalue weighted by Crippen LogP contribution is -2.17. The Balaban J connectivity index is 2.37. The largest absolute Gasteiger partial charge is 0.495 e. The number of hydrogen-bond acceptors (Lipinski definition) is 4. The van der Waals surface area contributed by atoms with E-state index >= 15 is 0 Å². The van der Waals surface area contributed by atoms with Crippen LogP contribution >= 0.6 is 11.6 Å². The molecule has 2 rings (SSSR count). The number of methoxy groups -OCH3 is 2. The van der Waals surface area contributed by atoms with Gasteiger partial charge in [0.1, 0.15) is 11.5 Å². The van der Waals surface area contributed by atoms with Crippen LogP contribution in [0.2, 0.25) is 5.02 Å². The van der Waals surface area contributed by atoms with Gasteiger partial charge in [0.25, 0.3) is 5.91 Å². The van der Waals surface area contributed by atoms with Crippen LogP contribution < -0.4 is 20.3 Å². The van der Waals surface area contributed by atoms with Crippen molar-refractivity contribution in [1.82, 2.24) is 4.98 Å². The number of benzene rings is 1. The first kappa shape index (κ1) is 15.9. The molecule has 0 aliphatic carbocycles. The van der Waals surface area contributed by atoms with Gasteiger partial charge in [0.05, 0.1) is 24.9 Å². The fourth-order valence-electron chi connectivity index (χ4n) is 1.97. The fourth-order valence-corrected chi connectivity index (χ4v) is 2.20. The molecule has 0 atom stereocenters. The van der Waals surface area contributed by atoms with Crippen LogP contribution in [0.15, 0.2) is 29.1 Å². The number of aryl methyl sites for hydroxylation is 1. The molecule has 6 nitrogen and oxygen atoms in total. The summed E-state index contributed by atoms with van der Waals surface area (Å²) < 4.78 is 10.3. The lowest BCUT2D eigenvalue weighted by molar-refractivity contribution is 0.102. The Bertz CT molecular complexity index is 771. The van der Waals surface area contributed by atoms with Crippen LogP contribution in [0.1, 0.15) is 16.1 Å². The van der Waals surface area contributed by atoms with E-state index in [0.29, 0.717) is 27.9 Å². The van der Waals surface area contributed by atoms with Crippen LogP contribution in [-0.4, -0.2) is 25.1 Å². The Labute approximate surface area is 132 Å². The average molecular weight is 323 g/mol. The van der Waals surface area contributed by atoms with E-state index in [-0.39, 0.29) is 11.1 Å². The van der Waals surface area contributed by atoms with Gasteiger partial charge in [-0.3, -0.25) is 9.59 Å². The second-order valence-electron chi connectivity index (χ2n) is 4.56. The molecule has 1 amide bonds. The smallest absolute Gasteiger partial charge is 0.256 e. The maximum Gasteiger partial charge on any atom is 0.256 e. The zero-order chi connectivity index (χ0) is 16.3. The number of amides is 1. The molecule has 1 heterocycles. The van der Waals surface area contributed by atoms with E-state index in [1.54, 1.807) is 25.1 Å². The molecule has 0 bridgehead atoms. The third-order valence-corrected chi connectivity index (χ3v) is 3.26. The number of rotatable bonds is 4. The highest BCUT2D eigenvalue weighted by atomic mass is 35.5. The molecule has 0 aliphatic rings. The summed E-state index contributed by atoms with van der Waals surface area (Å²) in [6, 6.07) is 5.90. The summed E-state index contributed by atoms with van der Waals surface area (Å²) in [7, 11) is 2.94. The maximum atomic E-state index is 12.3. The maximum absolute atomic E-state index is 12.3. The molecule has 0 saturated carbocycles. The van der Waals surface area contributed by atoms with Gasteiger partial charge in [0.2, 0.25) is 5.56 Å². The van der Waals surface area contributed by atoms with E-state index in [1.807, 2.05) is 0 Å². The van der Waals surface area contributed by atoms with Gasteiger partial charge in [-0.15, -0.1) is 0 Å². The topological polar surface area (TPSA) is 80.4 Å². The number of pyridine rings is 1. The SMILES string of the molecule is COc1cc(NC(=O)c2cc(C)[nH]c(=O)c2)c(OC)cc1Cl. The van der Waals surface area contributed by atoms with Crippen molar-refractivity contribution in [2.45, 2.75) is 6.92 Å². The van der Waals surface area contributed by atoms with Crippen molar-refractivity contribution in [3.63, 3.8) is 0 Å². The molecule has 1 aromatic carbocycles. The van der Waals surface area contributed by atoms with Crippen molar-refractivity contribution in [2.75, 3.05) is 19.5 Å². The molecule has 0 aliphatic heterocycles. The number of halogens is 1. The molecule has 0 spiro atoms. The minimum atomic E-state index is -0.433. The molecule has 1 aromatic heterocycles. The van der Waals surface area contributed by atoms with Gasteiger partial charge in [0, 0.05) is 29.5 Å². The van der Waals surface area contributed by atoms with Gasteiger partial charge >= 0.3 is 0 Å². The predicted octanol–water partition coefficient (Wildman–Crippen LogP) is 2.61. The molecule has 22 heavy (non-hydrogen) atoms. The lowest BCUT2D eigenvalue weighted by atomic mass is 10.2. The Morgan fingerprint density at radius 3 is 2.41 bits per heavy atom. The van der Waals surface area contributed by atoms with Crippen molar-refractivity contribution in [3.8, 4) is 11.5 Å². The number of nitrogens with one attached hydrogen (secondary N) is 2. The average Bonchev–Trinajstić information content (AvgIpc) is 2.47. The summed E-state index contributed by atoms with van der Waals surface area (Å²) in [6.07, 6.45) is 0. The highest BCUT2D eigenvalue weighted by Gasteiger charge is 2.14. The Hall–Kier alpha value is -2.47. The van der Waals surface area contributed by atoms with Gasteiger partial charge in [-0.1, -0.05) is 11.6 Å². The van der Waals surface area contributed by atoms with Crippen molar-refractivity contribution in [1.29, 1.82) is 0 Å². The second-order valence-corrected chi connectivity index (χ2v) is 4.96. The van der Waals surface area contributed by atoms with E-state index in [1.165, 1.54) is 20.3 Å². The van der Waals surface area contributed by atoms with E-state index in [4.69, 9.17) is 21.1 Å². The van der Waals surface area contributed by atoms with Crippen molar-refractivity contribution < 1.29 is 14.3 Å². The zero-order valence-electron chi connectivity index (χ0n) is 12.3. The first-order valence-corrected chi connectivity index (χ1v) is 6.76. The molecule has 0 unspecified atom stereocenters. The minimum Gasteiger partial charge on any atom is -0.495 e. The van der Waals surface area contributed by atoms with Gasteiger partial charge in [-0.25, -0.2) is 0 Å². The molecular formula is C15H15ClN2O4. The van der Waals surface area contributed by atoms with Crippen LogP contribution in [0, 0.1) is 6.92 Å². The van der Waals surface area contributed by atoms with E-state index in [9.17, 15) is 9.59 Å². The summed E-state index contributed by atoms with van der Waals surface area (Å²) in [6.45, 7) is 1.70. The van der Waals surface area contributed by atoms with Crippen LogP contribution in [0.5, 0.6) is 11.5 Å². The van der Waals surface area contributed by atoms with Crippen LogP contribution in [0.25, 0.3) is 0 Å². The number of aromatic amines is 1. The summed E-state index contributed by atoms with van der Waals surface area (Å²) >= 11 is 6.01. The fraction of sp³-hybridized carbons (Fsp3) is 0.200. The minimum absolute atomic E-state index is 0.247. The molecule has 116 valence electrons. The molecule has 2 N–H and O–H groups in total. The summed E-state index contributed by atoms with van der Waals surface area (Å²) in [5.74, 6) is 0.359. The quantitative estimate of drug-likeness (QED) is 0.906. The summed E-state index contributed by atoms with van der Waals surface area (Å²) in [5, 5.41) is 3.04. The number of carbonyl (C=O) groups excluding carboxylic acids is 1. The monoisotopic (exact) mass is 322 g/mol. The van der Waals surface area contributed by atoms with Crippen molar-refractivity contribution in [2.24, 2.45) is 0 Å². The number of H-pyrrole nitrogens is 1. The lowest BCUT2D eigenvalue weighted by Gasteiger charge is -2.13. The predicted molar refractivity (Wildman–Crippen MR) is 84.3 cm³/mol. The van der Waals surface area contributed by atoms with Crippen LogP contribution in [0.3, 0.4) is 0 Å². The van der Waals surface area contributed by atoms with Gasteiger partial charge < -0.3 is 19.8 Å². The number of ether oxygens (including phenoxy) is 2. The van der Waals surface area contributed by atoms with E-state index in [0.717, 1.165) is 0 Å². The Kier molecular flexibility index (Phi) is 4.72. The number of carbonyl (C=O) groups is 1. The molecular weight excluding hydrogens is 308 g/mol. The number of aromatic nitrogens is 1. The molecule has 2 aromatic rings. The van der Waals surface area contributed by atoms with Crippen LogP contribution in [0.4, 0.5) is 5.69 Å².